The molecule has 1 saturated heterocycles. The number of aromatic nitrogens is 1. The van der Waals surface area contributed by atoms with Crippen LogP contribution in [0.4, 0.5) is 0 Å². The van der Waals surface area contributed by atoms with Gasteiger partial charge >= 0.3 is 0 Å². The molecule has 2 aromatic heterocycles. The molecule has 3 rings (SSSR count). The number of carbonyl (C=O) groups excluding carboxylic acids is 1. The Morgan fingerprint density at radius 3 is 3.05 bits per heavy atom. The lowest BCUT2D eigenvalue weighted by Crippen LogP contribution is -2.49. The van der Waals surface area contributed by atoms with Gasteiger partial charge in [0.25, 0.3) is 0 Å². The first-order valence-corrected chi connectivity index (χ1v) is 8.52. The fourth-order valence-corrected chi connectivity index (χ4v) is 3.88. The third kappa shape index (κ3) is 3.16. The zero-order valence-corrected chi connectivity index (χ0v) is 13.9. The smallest absolute Gasteiger partial charge is 0.231 e. The monoisotopic (exact) mass is 335 g/mol. The highest BCUT2D eigenvalue weighted by Gasteiger charge is 2.31. The lowest BCUT2D eigenvalue weighted by atomic mass is 10.0. The molecule has 0 aromatic carbocycles. The van der Waals surface area contributed by atoms with Gasteiger partial charge in [-0.1, -0.05) is 17.7 Å². The third-order valence-corrected chi connectivity index (χ3v) is 5.40. The molecule has 0 radical (unpaired) electrons. The molecule has 116 valence electrons. The molecule has 2 aromatic rings. The van der Waals surface area contributed by atoms with Crippen LogP contribution in [0.2, 0.25) is 4.34 Å². The summed E-state index contributed by atoms with van der Waals surface area (Å²) in [4.78, 5) is 20.1. The van der Waals surface area contributed by atoms with Crippen LogP contribution < -0.4 is 5.32 Å². The molecule has 0 bridgehead atoms. The Labute approximate surface area is 139 Å². The van der Waals surface area contributed by atoms with E-state index >= 15 is 0 Å². The normalized spacial score (nSPS) is 19.9. The van der Waals surface area contributed by atoms with E-state index in [0.717, 1.165) is 27.9 Å². The summed E-state index contributed by atoms with van der Waals surface area (Å²) in [6, 6.07) is 7.76. The van der Waals surface area contributed by atoms with E-state index in [2.05, 4.69) is 10.3 Å². The molecule has 1 aliphatic heterocycles. The molecule has 22 heavy (non-hydrogen) atoms. The lowest BCUT2D eigenvalue weighted by molar-refractivity contribution is -0.135. The minimum Gasteiger partial charge on any atom is -0.332 e. The zero-order chi connectivity index (χ0) is 15.5. The molecule has 6 heteroatoms. The fraction of sp³-hybridized carbons (Fsp3) is 0.375. The number of amides is 1. The van der Waals surface area contributed by atoms with E-state index in [4.69, 9.17) is 11.6 Å². The number of hydrogen-bond acceptors (Lipinski definition) is 4. The number of thiophene rings is 1. The summed E-state index contributed by atoms with van der Waals surface area (Å²) in [5, 5.41) is 3.36. The van der Waals surface area contributed by atoms with E-state index in [1.54, 1.807) is 6.20 Å². The quantitative estimate of drug-likeness (QED) is 0.937. The van der Waals surface area contributed by atoms with Gasteiger partial charge in [0.15, 0.2) is 0 Å². The summed E-state index contributed by atoms with van der Waals surface area (Å²) in [7, 11) is 0. The van der Waals surface area contributed by atoms with Crippen LogP contribution in [0.1, 0.15) is 29.3 Å². The zero-order valence-electron chi connectivity index (χ0n) is 12.3. The van der Waals surface area contributed by atoms with Crippen molar-refractivity contribution in [3.63, 3.8) is 0 Å². The van der Waals surface area contributed by atoms with Crippen LogP contribution in [0, 0.1) is 0 Å². The number of hydrogen-bond donors (Lipinski definition) is 1. The summed E-state index contributed by atoms with van der Waals surface area (Å²) in [6.07, 6.45) is 3.59. The van der Waals surface area contributed by atoms with Crippen LogP contribution in [-0.4, -0.2) is 35.4 Å². The maximum absolute atomic E-state index is 12.9. The van der Waals surface area contributed by atoms with E-state index in [9.17, 15) is 4.79 Å². The predicted octanol–water partition coefficient (Wildman–Crippen LogP) is 3.07. The molecule has 0 aliphatic carbocycles. The van der Waals surface area contributed by atoms with Gasteiger partial charge in [-0.05, 0) is 30.7 Å². The van der Waals surface area contributed by atoms with Crippen LogP contribution in [0.25, 0.3) is 0 Å². The summed E-state index contributed by atoms with van der Waals surface area (Å²) >= 11 is 7.47. The van der Waals surface area contributed by atoms with E-state index in [-0.39, 0.29) is 17.9 Å². The number of carbonyl (C=O) groups is 1. The van der Waals surface area contributed by atoms with Crippen molar-refractivity contribution in [3.05, 3.63) is 51.4 Å². The average molecular weight is 336 g/mol. The molecule has 3 heterocycles. The largest absolute Gasteiger partial charge is 0.332 e. The number of halogens is 1. The number of nitrogens with zero attached hydrogens (tertiary/aromatic N) is 2. The molecule has 0 spiro atoms. The minimum absolute atomic E-state index is 0.0350. The summed E-state index contributed by atoms with van der Waals surface area (Å²) < 4.78 is 0.721. The van der Waals surface area contributed by atoms with Crippen molar-refractivity contribution in [1.29, 1.82) is 0 Å². The Balaban J connectivity index is 1.82. The highest BCUT2D eigenvalue weighted by Crippen LogP contribution is 2.31. The molecule has 1 N–H and O–H groups in total. The highest BCUT2D eigenvalue weighted by molar-refractivity contribution is 7.16. The Hall–Kier alpha value is -1.43. The Bertz CT molecular complexity index is 646. The van der Waals surface area contributed by atoms with Crippen molar-refractivity contribution >= 4 is 28.8 Å². The standard InChI is InChI=1S/C16H18ClN3OS/c1-11(14-4-5-15(17)22-14)16(21)20-8-7-19-10-13(20)12-3-2-6-18-9-12/h2-6,9,11,13,19H,7-8,10H2,1H3. The minimum atomic E-state index is -0.172. The van der Waals surface area contributed by atoms with Gasteiger partial charge in [0.1, 0.15) is 0 Å². The van der Waals surface area contributed by atoms with E-state index in [1.807, 2.05) is 42.3 Å². The van der Waals surface area contributed by atoms with Gasteiger partial charge in [-0.25, -0.2) is 0 Å². The van der Waals surface area contributed by atoms with Crippen LogP contribution in [-0.2, 0) is 4.79 Å². The second-order valence-corrected chi connectivity index (χ2v) is 7.15. The number of nitrogens with one attached hydrogen (secondary N) is 1. The van der Waals surface area contributed by atoms with Crippen LogP contribution in [0.5, 0.6) is 0 Å². The molecule has 1 aliphatic rings. The molecule has 1 amide bonds. The van der Waals surface area contributed by atoms with Gasteiger partial charge in [0.2, 0.25) is 5.91 Å². The van der Waals surface area contributed by atoms with Crippen molar-refractivity contribution in [2.75, 3.05) is 19.6 Å². The van der Waals surface area contributed by atoms with Gasteiger partial charge in [-0.3, -0.25) is 9.78 Å². The van der Waals surface area contributed by atoms with Crippen molar-refractivity contribution in [2.45, 2.75) is 18.9 Å². The lowest BCUT2D eigenvalue weighted by Gasteiger charge is -2.37. The molecule has 4 nitrogen and oxygen atoms in total. The Kier molecular flexibility index (Phi) is 4.76. The van der Waals surface area contributed by atoms with Gasteiger partial charge in [0, 0.05) is 36.9 Å². The van der Waals surface area contributed by atoms with Gasteiger partial charge in [0.05, 0.1) is 16.3 Å². The number of rotatable bonds is 3. The molecular weight excluding hydrogens is 318 g/mol. The van der Waals surface area contributed by atoms with Gasteiger partial charge in [-0.2, -0.15) is 0 Å². The molecule has 2 unspecified atom stereocenters. The first kappa shape index (κ1) is 15.5. The van der Waals surface area contributed by atoms with Crippen molar-refractivity contribution in [3.8, 4) is 0 Å². The average Bonchev–Trinajstić information content (AvgIpc) is 3.01. The van der Waals surface area contributed by atoms with Crippen molar-refractivity contribution in [2.24, 2.45) is 0 Å². The van der Waals surface area contributed by atoms with Crippen LogP contribution >= 0.6 is 22.9 Å². The third-order valence-electron chi connectivity index (χ3n) is 3.99. The topological polar surface area (TPSA) is 45.2 Å². The van der Waals surface area contributed by atoms with E-state index < -0.39 is 0 Å². The van der Waals surface area contributed by atoms with E-state index in [1.165, 1.54) is 11.3 Å². The first-order valence-electron chi connectivity index (χ1n) is 7.33. The molecule has 1 fully saturated rings. The number of pyridine rings is 1. The van der Waals surface area contributed by atoms with Crippen LogP contribution in [0.3, 0.4) is 0 Å². The summed E-state index contributed by atoms with van der Waals surface area (Å²) in [6.45, 7) is 4.24. The maximum atomic E-state index is 12.9. The molecule has 0 saturated carbocycles. The van der Waals surface area contributed by atoms with Crippen LogP contribution in [0.15, 0.2) is 36.7 Å². The van der Waals surface area contributed by atoms with Gasteiger partial charge in [-0.15, -0.1) is 11.3 Å². The fourth-order valence-electron chi connectivity index (χ4n) is 2.77. The molecular formula is C16H18ClN3OS. The van der Waals surface area contributed by atoms with Gasteiger partial charge < -0.3 is 10.2 Å². The highest BCUT2D eigenvalue weighted by atomic mass is 35.5. The summed E-state index contributed by atoms with van der Waals surface area (Å²) in [5.41, 5.74) is 1.07. The first-order chi connectivity index (χ1) is 10.7. The summed E-state index contributed by atoms with van der Waals surface area (Å²) in [5.74, 6) is -0.0244. The Morgan fingerprint density at radius 2 is 2.36 bits per heavy atom. The number of piperazine rings is 1. The van der Waals surface area contributed by atoms with E-state index in [0.29, 0.717) is 6.54 Å². The Morgan fingerprint density at radius 1 is 1.50 bits per heavy atom. The second kappa shape index (κ2) is 6.77. The molecule has 2 atom stereocenters. The SMILES string of the molecule is CC(C(=O)N1CCNCC1c1cccnc1)c1ccc(Cl)s1. The predicted molar refractivity (Wildman–Crippen MR) is 89.3 cm³/mol. The maximum Gasteiger partial charge on any atom is 0.231 e. The van der Waals surface area contributed by atoms with Crippen molar-refractivity contribution < 1.29 is 4.79 Å². The second-order valence-electron chi connectivity index (χ2n) is 5.40. The van der Waals surface area contributed by atoms with Crippen molar-refractivity contribution in [1.82, 2.24) is 15.2 Å².